The van der Waals surface area contributed by atoms with Crippen LogP contribution in [0, 0.1) is 36.1 Å². The van der Waals surface area contributed by atoms with Gasteiger partial charge in [0, 0.05) is 35.0 Å². The third kappa shape index (κ3) is 11.0. The van der Waals surface area contributed by atoms with Gasteiger partial charge in [0.15, 0.2) is 0 Å². The van der Waals surface area contributed by atoms with Crippen molar-refractivity contribution in [2.75, 3.05) is 0 Å². The van der Waals surface area contributed by atoms with Crippen LogP contribution >= 0.6 is 0 Å². The van der Waals surface area contributed by atoms with E-state index in [1.165, 1.54) is 60.1 Å². The number of benzene rings is 10. The van der Waals surface area contributed by atoms with E-state index in [9.17, 15) is 5.26 Å². The van der Waals surface area contributed by atoms with E-state index >= 15 is 0 Å². The molecule has 89 heavy (non-hydrogen) atoms. The SMILES string of the molecule is [C-]#[N+]c1cc[c-]c(-c2ccc(C3(Cc4cc(CC5(c6ccc(-c7[c-]ccc(C#N)c7)nc6)CCCC5)cc(-c5ccc(-c6ccccc6)cc5-c5cnc(-c6[c-]cccc6)cc5-c5ccc6c7ccccc7c7ccccc7c6c5)c4)CCCC3)cn2)c1.[Ir+3]. The van der Waals surface area contributed by atoms with E-state index in [2.05, 4.69) is 224 Å². The Kier molecular flexibility index (Phi) is 15.5. The summed E-state index contributed by atoms with van der Waals surface area (Å²) in [5.74, 6) is 0. The van der Waals surface area contributed by atoms with Crippen LogP contribution < -0.4 is 0 Å². The van der Waals surface area contributed by atoms with Crippen LogP contribution in [0.3, 0.4) is 0 Å². The molecule has 6 heteroatoms. The van der Waals surface area contributed by atoms with Crippen molar-refractivity contribution in [1.29, 1.82) is 5.26 Å². The average molecular weight is 1320 g/mol. The molecule has 13 aromatic rings. The number of fused-ring (bicyclic) bond motifs is 6. The number of aromatic nitrogens is 3. The second-order valence-electron chi connectivity index (χ2n) is 24.3. The third-order valence-corrected chi connectivity index (χ3v) is 19.1. The molecule has 3 heterocycles. The Labute approximate surface area is 534 Å². The van der Waals surface area contributed by atoms with Gasteiger partial charge in [0.05, 0.1) is 12.6 Å². The molecule has 0 N–H and O–H groups in total. The second-order valence-corrected chi connectivity index (χ2v) is 24.3. The summed E-state index contributed by atoms with van der Waals surface area (Å²) in [6, 6.07) is 92.7. The zero-order valence-corrected chi connectivity index (χ0v) is 51.6. The van der Waals surface area contributed by atoms with Crippen LogP contribution in [0.5, 0.6) is 0 Å². The number of pyridine rings is 3. The molecular formula is C83H60IrN5. The molecule has 0 aliphatic heterocycles. The fraction of sp³-hybridized carbons (Fsp3) is 0.145. The molecule has 0 atom stereocenters. The largest absolute Gasteiger partial charge is 3.00 e. The molecule has 2 fully saturated rings. The van der Waals surface area contributed by atoms with Crippen LogP contribution in [0.15, 0.2) is 243 Å². The topological polar surface area (TPSA) is 66.8 Å². The van der Waals surface area contributed by atoms with Crippen molar-refractivity contribution >= 4 is 38.0 Å². The smallest absolute Gasteiger partial charge is 0.304 e. The van der Waals surface area contributed by atoms with E-state index in [0.717, 1.165) is 137 Å². The standard InChI is InChI=1S/C83H60N5.Ir/c1-85-68-25-17-24-64(46-68)80-37-33-67(54-87-80)83(40-14-15-41-83)51-58-42-57(50-82(38-12-13-39-82)66-32-36-79(86-53-66)63-23-16-18-56(43-63)52-84)44-65(45-58)69-34-30-61(59-19-4-2-5-20-59)47-76(69)78-55-88-81(60-21-6-3-7-22-60)49-75(78)62-31-35-74-72-28-9-8-26-70(72)71-27-10-11-29-73(71)77(74)48-62;/h2-11,16-21,25-37,42-49,53-55H,12-15,38-41,50-51H2;/q-3;+3. The quantitative estimate of drug-likeness (QED) is 0.0852. The maximum atomic E-state index is 9.73. The molecule has 10 aromatic carbocycles. The van der Waals surface area contributed by atoms with Crippen molar-refractivity contribution in [2.24, 2.45) is 0 Å². The molecule has 2 aliphatic rings. The second kappa shape index (κ2) is 24.3. The molecule has 5 nitrogen and oxygen atoms in total. The van der Waals surface area contributed by atoms with Crippen LogP contribution in [0.4, 0.5) is 5.69 Å². The van der Waals surface area contributed by atoms with E-state index in [-0.39, 0.29) is 30.9 Å². The summed E-state index contributed by atoms with van der Waals surface area (Å²) in [7, 11) is 0. The van der Waals surface area contributed by atoms with Gasteiger partial charge in [-0.1, -0.05) is 177 Å². The summed E-state index contributed by atoms with van der Waals surface area (Å²) in [5, 5.41) is 17.1. The van der Waals surface area contributed by atoms with Crippen molar-refractivity contribution in [3.05, 3.63) is 300 Å². The molecule has 426 valence electrons. The van der Waals surface area contributed by atoms with Gasteiger partial charge in [-0.2, -0.15) is 11.3 Å². The van der Waals surface area contributed by atoms with E-state index in [1.54, 1.807) is 12.1 Å². The molecule has 3 aromatic heterocycles. The van der Waals surface area contributed by atoms with E-state index < -0.39 is 0 Å². The van der Waals surface area contributed by atoms with Gasteiger partial charge in [-0.05, 0) is 167 Å². The molecule has 0 amide bonds. The van der Waals surface area contributed by atoms with Gasteiger partial charge in [-0.25, -0.2) is 0 Å². The minimum absolute atomic E-state index is 0. The summed E-state index contributed by atoms with van der Waals surface area (Å²) in [5.41, 5.74) is 20.2. The molecule has 0 bridgehead atoms. The first kappa shape index (κ1) is 56.8. The summed E-state index contributed by atoms with van der Waals surface area (Å²) in [4.78, 5) is 19.2. The summed E-state index contributed by atoms with van der Waals surface area (Å²) < 4.78 is 0. The molecule has 2 saturated carbocycles. The zero-order chi connectivity index (χ0) is 59.0. The summed E-state index contributed by atoms with van der Waals surface area (Å²) >= 11 is 0. The Morgan fingerprint density at radius 3 is 1.56 bits per heavy atom. The van der Waals surface area contributed by atoms with Gasteiger partial charge in [0.2, 0.25) is 0 Å². The van der Waals surface area contributed by atoms with Crippen LogP contribution in [-0.2, 0) is 43.8 Å². The van der Waals surface area contributed by atoms with Crippen LogP contribution in [0.1, 0.15) is 79.2 Å². The Balaban J connectivity index is 0.00000694. The maximum Gasteiger partial charge on any atom is 3.00 e. The Bertz CT molecular complexity index is 4700. The number of nitrogens with zero attached hydrogens (tertiary/aromatic N) is 5. The zero-order valence-electron chi connectivity index (χ0n) is 49.2. The van der Waals surface area contributed by atoms with Crippen molar-refractivity contribution < 1.29 is 20.1 Å². The predicted molar refractivity (Wildman–Crippen MR) is 358 cm³/mol. The van der Waals surface area contributed by atoms with Crippen molar-refractivity contribution in [3.8, 4) is 84.3 Å². The van der Waals surface area contributed by atoms with E-state index in [1.807, 2.05) is 36.4 Å². The molecule has 0 saturated heterocycles. The molecule has 0 spiro atoms. The van der Waals surface area contributed by atoms with Crippen LogP contribution in [-0.4, -0.2) is 15.0 Å². The van der Waals surface area contributed by atoms with E-state index in [0.29, 0.717) is 11.3 Å². The average Bonchev–Trinajstić information content (AvgIpc) is 1.35. The number of hydrogen-bond acceptors (Lipinski definition) is 4. The fourth-order valence-electron chi connectivity index (χ4n) is 14.7. The van der Waals surface area contributed by atoms with Crippen molar-refractivity contribution in [2.45, 2.75) is 75.0 Å². The van der Waals surface area contributed by atoms with Crippen molar-refractivity contribution in [3.63, 3.8) is 0 Å². The Hall–Kier alpha value is -9.94. The summed E-state index contributed by atoms with van der Waals surface area (Å²) in [6.45, 7) is 7.66. The van der Waals surface area contributed by atoms with Gasteiger partial charge >= 0.3 is 20.1 Å². The Morgan fingerprint density at radius 1 is 0.404 bits per heavy atom. The summed E-state index contributed by atoms with van der Waals surface area (Å²) in [6.07, 6.45) is 16.9. The van der Waals surface area contributed by atoms with E-state index in [4.69, 9.17) is 21.5 Å². The van der Waals surface area contributed by atoms with Gasteiger partial charge in [-0.15, -0.1) is 89.5 Å². The first-order chi connectivity index (χ1) is 43.4. The minimum Gasteiger partial charge on any atom is -0.304 e. The Morgan fingerprint density at radius 2 is 0.966 bits per heavy atom. The normalized spacial score (nSPS) is 14.1. The van der Waals surface area contributed by atoms with Gasteiger partial charge in [-0.3, -0.25) is 4.85 Å². The molecule has 0 radical (unpaired) electrons. The predicted octanol–water partition coefficient (Wildman–Crippen LogP) is 20.9. The minimum atomic E-state index is -0.126. The number of rotatable bonds is 13. The monoisotopic (exact) mass is 1320 g/mol. The third-order valence-electron chi connectivity index (χ3n) is 19.1. The molecular weight excluding hydrogens is 1260 g/mol. The first-order valence-corrected chi connectivity index (χ1v) is 30.8. The van der Waals surface area contributed by atoms with Gasteiger partial charge in [0.1, 0.15) is 5.69 Å². The molecule has 15 rings (SSSR count). The number of nitriles is 1. The van der Waals surface area contributed by atoms with Crippen molar-refractivity contribution in [1.82, 2.24) is 15.0 Å². The maximum absolute atomic E-state index is 9.73. The molecule has 0 unspecified atom stereocenters. The van der Waals surface area contributed by atoms with Crippen LogP contribution in [0.2, 0.25) is 0 Å². The fourth-order valence-corrected chi connectivity index (χ4v) is 14.7. The van der Waals surface area contributed by atoms with Crippen LogP contribution in [0.25, 0.3) is 115 Å². The van der Waals surface area contributed by atoms with Gasteiger partial charge < -0.3 is 15.0 Å². The number of hydrogen-bond donors (Lipinski definition) is 0. The molecule has 2 aliphatic carbocycles. The van der Waals surface area contributed by atoms with Gasteiger partial charge in [0.25, 0.3) is 0 Å². The first-order valence-electron chi connectivity index (χ1n) is 30.8.